The molecule has 1 aromatic carbocycles. The van der Waals surface area contributed by atoms with Crippen molar-refractivity contribution in [3.05, 3.63) is 54.4 Å². The zero-order valence-corrected chi connectivity index (χ0v) is 11.4. The maximum Gasteiger partial charge on any atom is 0.340 e. The Morgan fingerprint density at radius 2 is 1.79 bits per heavy atom. The van der Waals surface area contributed by atoms with Crippen molar-refractivity contribution in [3.63, 3.8) is 0 Å². The van der Waals surface area contributed by atoms with Crippen molar-refractivity contribution in [1.29, 1.82) is 0 Å². The first-order valence-corrected chi connectivity index (χ1v) is 6.20. The van der Waals surface area contributed by atoms with E-state index in [4.69, 9.17) is 4.74 Å². The lowest BCUT2D eigenvalue weighted by Gasteiger charge is -2.20. The smallest absolute Gasteiger partial charge is 0.340 e. The van der Waals surface area contributed by atoms with Crippen LogP contribution in [0.2, 0.25) is 0 Å². The number of nitrogens with zero attached hydrogens (tertiary/aromatic N) is 1. The van der Waals surface area contributed by atoms with Gasteiger partial charge < -0.3 is 4.74 Å². The van der Waals surface area contributed by atoms with E-state index in [1.165, 1.54) is 0 Å². The molecular formula is C16H17NO2. The van der Waals surface area contributed by atoms with Crippen LogP contribution in [0.1, 0.15) is 31.1 Å². The van der Waals surface area contributed by atoms with E-state index in [1.807, 2.05) is 57.2 Å². The quantitative estimate of drug-likeness (QED) is 0.768. The highest BCUT2D eigenvalue weighted by Crippen LogP contribution is 2.24. The summed E-state index contributed by atoms with van der Waals surface area (Å²) in [5, 5.41) is 0. The standard InChI is InChI=1S/C16H17NO2/c1-16(2,3)19-15(18)14-11-17-10-9-13(14)12-7-5-4-6-8-12/h4-11H,1-3H3. The second kappa shape index (κ2) is 5.22. The fourth-order valence-electron chi connectivity index (χ4n) is 1.76. The van der Waals surface area contributed by atoms with Gasteiger partial charge >= 0.3 is 5.97 Å². The van der Waals surface area contributed by atoms with Crippen LogP contribution in [-0.4, -0.2) is 16.6 Å². The van der Waals surface area contributed by atoms with Crippen LogP contribution in [0.5, 0.6) is 0 Å². The van der Waals surface area contributed by atoms with Gasteiger partial charge in [0.25, 0.3) is 0 Å². The van der Waals surface area contributed by atoms with Crippen LogP contribution < -0.4 is 0 Å². The molecule has 0 aliphatic rings. The molecule has 0 unspecified atom stereocenters. The molecule has 0 N–H and O–H groups in total. The van der Waals surface area contributed by atoms with Gasteiger partial charge in [0.05, 0.1) is 5.56 Å². The van der Waals surface area contributed by atoms with E-state index in [9.17, 15) is 4.79 Å². The highest BCUT2D eigenvalue weighted by molar-refractivity contribution is 5.97. The zero-order valence-electron chi connectivity index (χ0n) is 11.4. The highest BCUT2D eigenvalue weighted by Gasteiger charge is 2.20. The first-order chi connectivity index (χ1) is 8.97. The third-order valence-electron chi connectivity index (χ3n) is 2.52. The molecule has 0 radical (unpaired) electrons. The fourth-order valence-corrected chi connectivity index (χ4v) is 1.76. The summed E-state index contributed by atoms with van der Waals surface area (Å²) in [5.41, 5.74) is 1.79. The third-order valence-corrected chi connectivity index (χ3v) is 2.52. The summed E-state index contributed by atoms with van der Waals surface area (Å²) in [4.78, 5) is 16.2. The van der Waals surface area contributed by atoms with Gasteiger partial charge in [-0.2, -0.15) is 0 Å². The summed E-state index contributed by atoms with van der Waals surface area (Å²) in [6.07, 6.45) is 3.23. The lowest BCUT2D eigenvalue weighted by Crippen LogP contribution is -2.24. The van der Waals surface area contributed by atoms with Crippen LogP contribution in [0, 0.1) is 0 Å². The van der Waals surface area contributed by atoms with Crippen molar-refractivity contribution in [2.24, 2.45) is 0 Å². The Morgan fingerprint density at radius 1 is 1.11 bits per heavy atom. The second-order valence-electron chi connectivity index (χ2n) is 5.29. The summed E-state index contributed by atoms with van der Waals surface area (Å²) in [6.45, 7) is 5.55. The van der Waals surface area contributed by atoms with E-state index in [0.717, 1.165) is 11.1 Å². The second-order valence-corrected chi connectivity index (χ2v) is 5.29. The number of carbonyl (C=O) groups excluding carboxylic acids is 1. The Hall–Kier alpha value is -2.16. The van der Waals surface area contributed by atoms with E-state index in [-0.39, 0.29) is 5.97 Å². The fraction of sp³-hybridized carbons (Fsp3) is 0.250. The summed E-state index contributed by atoms with van der Waals surface area (Å²) in [6, 6.07) is 11.6. The number of pyridine rings is 1. The molecule has 0 atom stereocenters. The van der Waals surface area contributed by atoms with Crippen molar-refractivity contribution in [2.45, 2.75) is 26.4 Å². The van der Waals surface area contributed by atoms with Crippen molar-refractivity contribution in [2.75, 3.05) is 0 Å². The number of rotatable bonds is 2. The molecule has 0 spiro atoms. The molecule has 0 saturated heterocycles. The Bertz CT molecular complexity index is 571. The molecule has 19 heavy (non-hydrogen) atoms. The zero-order chi connectivity index (χ0) is 13.9. The van der Waals surface area contributed by atoms with Crippen LogP contribution in [0.25, 0.3) is 11.1 Å². The first-order valence-electron chi connectivity index (χ1n) is 6.20. The normalized spacial score (nSPS) is 11.1. The summed E-state index contributed by atoms with van der Waals surface area (Å²) >= 11 is 0. The van der Waals surface area contributed by atoms with Gasteiger partial charge in [-0.3, -0.25) is 4.98 Å². The van der Waals surface area contributed by atoms with E-state index in [0.29, 0.717) is 5.56 Å². The van der Waals surface area contributed by atoms with Gasteiger partial charge in [-0.1, -0.05) is 30.3 Å². The van der Waals surface area contributed by atoms with E-state index in [1.54, 1.807) is 12.4 Å². The van der Waals surface area contributed by atoms with E-state index >= 15 is 0 Å². The number of hydrogen-bond acceptors (Lipinski definition) is 3. The molecule has 2 rings (SSSR count). The van der Waals surface area contributed by atoms with Gasteiger partial charge in [0.2, 0.25) is 0 Å². The molecule has 1 heterocycles. The molecule has 0 saturated carbocycles. The van der Waals surface area contributed by atoms with Gasteiger partial charge in [-0.05, 0) is 38.0 Å². The SMILES string of the molecule is CC(C)(C)OC(=O)c1cnccc1-c1ccccc1. The molecule has 0 aliphatic heterocycles. The van der Waals surface area contributed by atoms with Crippen molar-refractivity contribution < 1.29 is 9.53 Å². The van der Waals surface area contributed by atoms with Crippen LogP contribution in [0.15, 0.2) is 48.8 Å². The largest absolute Gasteiger partial charge is 0.456 e. The van der Waals surface area contributed by atoms with Gasteiger partial charge in [0.1, 0.15) is 5.60 Å². The maximum absolute atomic E-state index is 12.2. The number of aromatic nitrogens is 1. The Balaban J connectivity index is 2.40. The number of ether oxygens (including phenoxy) is 1. The summed E-state index contributed by atoms with van der Waals surface area (Å²) in [7, 11) is 0. The van der Waals surface area contributed by atoms with E-state index in [2.05, 4.69) is 4.98 Å². The predicted molar refractivity (Wildman–Crippen MR) is 74.8 cm³/mol. The van der Waals surface area contributed by atoms with Crippen LogP contribution in [0.4, 0.5) is 0 Å². The van der Waals surface area contributed by atoms with Crippen molar-refractivity contribution >= 4 is 5.97 Å². The molecule has 2 aromatic rings. The molecule has 3 heteroatoms. The molecule has 0 bridgehead atoms. The average Bonchev–Trinajstić information content (AvgIpc) is 2.38. The summed E-state index contributed by atoms with van der Waals surface area (Å²) in [5.74, 6) is -0.348. The van der Waals surface area contributed by atoms with Gasteiger partial charge in [-0.25, -0.2) is 4.79 Å². The number of hydrogen-bond donors (Lipinski definition) is 0. The minimum atomic E-state index is -0.513. The molecule has 0 amide bonds. The minimum Gasteiger partial charge on any atom is -0.456 e. The third kappa shape index (κ3) is 3.41. The van der Waals surface area contributed by atoms with Gasteiger partial charge in [-0.15, -0.1) is 0 Å². The molecule has 3 nitrogen and oxygen atoms in total. The van der Waals surface area contributed by atoms with Crippen LogP contribution >= 0.6 is 0 Å². The molecular weight excluding hydrogens is 238 g/mol. The van der Waals surface area contributed by atoms with Gasteiger partial charge in [0.15, 0.2) is 0 Å². The Kier molecular flexibility index (Phi) is 3.65. The van der Waals surface area contributed by atoms with Crippen molar-refractivity contribution in [1.82, 2.24) is 4.98 Å². The Labute approximate surface area is 113 Å². The van der Waals surface area contributed by atoms with Gasteiger partial charge in [0, 0.05) is 12.4 Å². The van der Waals surface area contributed by atoms with E-state index < -0.39 is 5.60 Å². The summed E-state index contributed by atoms with van der Waals surface area (Å²) < 4.78 is 5.41. The molecule has 0 fully saturated rings. The lowest BCUT2D eigenvalue weighted by atomic mass is 10.0. The number of esters is 1. The molecule has 1 aromatic heterocycles. The molecule has 98 valence electrons. The lowest BCUT2D eigenvalue weighted by molar-refractivity contribution is 0.00700. The highest BCUT2D eigenvalue weighted by atomic mass is 16.6. The minimum absolute atomic E-state index is 0.348. The first kappa shape index (κ1) is 13.3. The molecule has 0 aliphatic carbocycles. The number of carbonyl (C=O) groups is 1. The Morgan fingerprint density at radius 3 is 2.42 bits per heavy atom. The maximum atomic E-state index is 12.2. The van der Waals surface area contributed by atoms with Crippen molar-refractivity contribution in [3.8, 4) is 11.1 Å². The average molecular weight is 255 g/mol. The predicted octanol–water partition coefficient (Wildman–Crippen LogP) is 3.70. The number of benzene rings is 1. The monoisotopic (exact) mass is 255 g/mol. The topological polar surface area (TPSA) is 39.2 Å². The van der Waals surface area contributed by atoms with Crippen LogP contribution in [-0.2, 0) is 4.74 Å². The van der Waals surface area contributed by atoms with Crippen LogP contribution in [0.3, 0.4) is 0 Å².